The Labute approximate surface area is 290 Å². The second-order valence-corrected chi connectivity index (χ2v) is 14.5. The Morgan fingerprint density at radius 3 is 2.23 bits per heavy atom. The molecule has 4 N–H and O–H groups in total. The van der Waals surface area contributed by atoms with Gasteiger partial charge in [-0.2, -0.15) is 0 Å². The lowest BCUT2D eigenvalue weighted by Crippen LogP contribution is -2.58. The van der Waals surface area contributed by atoms with Crippen molar-refractivity contribution >= 4 is 61.5 Å². The summed E-state index contributed by atoms with van der Waals surface area (Å²) in [7, 11) is 0. The van der Waals surface area contributed by atoms with Gasteiger partial charge in [-0.15, -0.1) is 0 Å². The summed E-state index contributed by atoms with van der Waals surface area (Å²) in [5.41, 5.74) is 2.65. The molecule has 3 fully saturated rings. The minimum absolute atomic E-state index is 0.00541. The van der Waals surface area contributed by atoms with E-state index in [9.17, 15) is 29.4 Å². The molecule has 252 valence electrons. The van der Waals surface area contributed by atoms with E-state index < -0.39 is 18.1 Å². The topological polar surface area (TPSA) is 146 Å². The molecular weight excluding hydrogens is 736 g/mol. The number of carboxylic acid groups (broad SMARTS) is 1. The van der Waals surface area contributed by atoms with Crippen LogP contribution in [0.5, 0.6) is 5.75 Å². The largest absolute Gasteiger partial charge is 0.506 e. The Hall–Kier alpha value is -3.36. The van der Waals surface area contributed by atoms with Crippen LogP contribution >= 0.6 is 31.9 Å². The molecule has 5 amide bonds. The molecule has 2 aromatic carbocycles. The van der Waals surface area contributed by atoms with Crippen molar-refractivity contribution in [3.63, 3.8) is 0 Å². The molecule has 12 nitrogen and oxygen atoms in total. The molecular formula is C33H40Br2N6O6. The number of rotatable bonds is 7. The van der Waals surface area contributed by atoms with Crippen molar-refractivity contribution in [3.8, 4) is 5.75 Å². The normalized spacial score (nSPS) is 21.7. The van der Waals surface area contributed by atoms with Gasteiger partial charge < -0.3 is 35.5 Å². The highest BCUT2D eigenvalue weighted by Crippen LogP contribution is 2.34. The number of hydrogen-bond acceptors (Lipinski definition) is 6. The highest BCUT2D eigenvalue weighted by Gasteiger charge is 2.39. The maximum absolute atomic E-state index is 14.0. The fraction of sp³-hybridized carbons (Fsp3) is 0.515. The SMILES string of the molecule is O=C(O)[C@H]1CCCN1C1CCN(C(=O)[C@@H](Cc2cc(Br)c(O)c(Br)c2)NC(=O)N2CCC(N3Cc4ccccc4NC3=O)CC2)CC1. The first-order valence-corrected chi connectivity index (χ1v) is 17.8. The first-order chi connectivity index (χ1) is 22.6. The Kier molecular flexibility index (Phi) is 10.3. The Balaban J connectivity index is 1.10. The standard InChI is InChI=1S/C33H40Br2N6O6/c34-24-16-20(17-25(35)29(24)42)18-27(30(43)38-12-7-22(8-13-38)40-11-3-6-28(40)31(44)45)37-32(46)39-14-9-23(10-15-39)41-19-21-4-1-2-5-26(21)36-33(41)47/h1-2,4-5,16-17,22-23,27-28,42H,3,6-15,18-19H2,(H,36,47)(H,37,46)(H,44,45)/t27-,28-/m1/s1. The molecule has 4 heterocycles. The second-order valence-electron chi connectivity index (χ2n) is 12.8. The minimum Gasteiger partial charge on any atom is -0.506 e. The number of fused-ring (bicyclic) bond motifs is 1. The number of phenolic OH excluding ortho intramolecular Hbond substituents is 1. The minimum atomic E-state index is -0.844. The van der Waals surface area contributed by atoms with Gasteiger partial charge in [-0.05, 0) is 106 Å². The van der Waals surface area contributed by atoms with Gasteiger partial charge in [0.1, 0.15) is 17.8 Å². The quantitative estimate of drug-likeness (QED) is 0.322. The molecule has 0 radical (unpaired) electrons. The Bertz CT molecular complexity index is 1500. The predicted molar refractivity (Wildman–Crippen MR) is 182 cm³/mol. The van der Waals surface area contributed by atoms with Crippen molar-refractivity contribution in [1.82, 2.24) is 24.9 Å². The summed E-state index contributed by atoms with van der Waals surface area (Å²) in [6, 6.07) is 9.58. The number of anilines is 1. The van der Waals surface area contributed by atoms with Gasteiger partial charge >= 0.3 is 18.0 Å². The summed E-state index contributed by atoms with van der Waals surface area (Å²) in [4.78, 5) is 59.7. The fourth-order valence-corrected chi connectivity index (χ4v) is 8.72. The average Bonchev–Trinajstić information content (AvgIpc) is 3.57. The molecule has 47 heavy (non-hydrogen) atoms. The predicted octanol–water partition coefficient (Wildman–Crippen LogP) is 4.59. The Morgan fingerprint density at radius 1 is 0.915 bits per heavy atom. The number of likely N-dealkylation sites (tertiary alicyclic amines) is 3. The zero-order chi connectivity index (χ0) is 33.2. The van der Waals surface area contributed by atoms with E-state index in [4.69, 9.17) is 0 Å². The van der Waals surface area contributed by atoms with Crippen LogP contribution < -0.4 is 10.6 Å². The lowest BCUT2D eigenvalue weighted by atomic mass is 9.99. The van der Waals surface area contributed by atoms with E-state index in [1.807, 2.05) is 29.2 Å². The number of benzene rings is 2. The fourth-order valence-electron chi connectivity index (χ4n) is 7.44. The van der Waals surface area contributed by atoms with Crippen LogP contribution in [0.25, 0.3) is 0 Å². The van der Waals surface area contributed by atoms with Gasteiger partial charge in [0, 0.05) is 56.9 Å². The zero-order valence-corrected chi connectivity index (χ0v) is 29.2. The highest BCUT2D eigenvalue weighted by atomic mass is 79.9. The summed E-state index contributed by atoms with van der Waals surface area (Å²) < 4.78 is 0.954. The number of carboxylic acids is 1. The lowest BCUT2D eigenvalue weighted by molar-refractivity contribution is -0.144. The van der Waals surface area contributed by atoms with Crippen LogP contribution in [-0.4, -0.2) is 111 Å². The Morgan fingerprint density at radius 2 is 1.55 bits per heavy atom. The highest BCUT2D eigenvalue weighted by molar-refractivity contribution is 9.11. The van der Waals surface area contributed by atoms with Crippen LogP contribution in [0.4, 0.5) is 15.3 Å². The number of nitrogens with one attached hydrogen (secondary N) is 2. The second kappa shape index (κ2) is 14.4. The summed E-state index contributed by atoms with van der Waals surface area (Å²) in [6.07, 6.45) is 4.33. The van der Waals surface area contributed by atoms with E-state index >= 15 is 0 Å². The molecule has 2 aromatic rings. The zero-order valence-electron chi connectivity index (χ0n) is 26.0. The van der Waals surface area contributed by atoms with Crippen molar-refractivity contribution in [1.29, 1.82) is 0 Å². The van der Waals surface area contributed by atoms with Crippen molar-refractivity contribution < 1.29 is 29.4 Å². The van der Waals surface area contributed by atoms with E-state index in [0.29, 0.717) is 73.8 Å². The number of halogens is 2. The first-order valence-electron chi connectivity index (χ1n) is 16.2. The van der Waals surface area contributed by atoms with Gasteiger partial charge in [-0.1, -0.05) is 18.2 Å². The molecule has 2 atom stereocenters. The number of aliphatic carboxylic acids is 1. The van der Waals surface area contributed by atoms with E-state index in [0.717, 1.165) is 29.8 Å². The molecule has 0 aliphatic carbocycles. The first kappa shape index (κ1) is 33.5. The number of carbonyl (C=O) groups excluding carboxylic acids is 3. The number of nitrogens with zero attached hydrogens (tertiary/aromatic N) is 4. The van der Waals surface area contributed by atoms with Gasteiger partial charge in [-0.25, -0.2) is 9.59 Å². The number of piperidine rings is 2. The average molecular weight is 777 g/mol. The van der Waals surface area contributed by atoms with Crippen molar-refractivity contribution in [2.45, 2.75) is 75.7 Å². The van der Waals surface area contributed by atoms with Crippen molar-refractivity contribution in [2.24, 2.45) is 0 Å². The number of carbonyl (C=O) groups is 4. The van der Waals surface area contributed by atoms with Crippen LogP contribution in [-0.2, 0) is 22.6 Å². The van der Waals surface area contributed by atoms with Gasteiger partial charge in [0.05, 0.1) is 8.95 Å². The summed E-state index contributed by atoms with van der Waals surface area (Å²) in [5, 5.41) is 25.9. The maximum Gasteiger partial charge on any atom is 0.322 e. The summed E-state index contributed by atoms with van der Waals surface area (Å²) >= 11 is 6.74. The molecule has 0 spiro atoms. The third-order valence-corrected chi connectivity index (χ3v) is 11.2. The molecule has 0 aromatic heterocycles. The number of phenols is 1. The molecule has 0 saturated carbocycles. The van der Waals surface area contributed by atoms with Crippen molar-refractivity contribution in [2.75, 3.05) is 38.0 Å². The van der Waals surface area contributed by atoms with Crippen LogP contribution in [0.1, 0.15) is 49.7 Å². The molecule has 0 unspecified atom stereocenters. The van der Waals surface area contributed by atoms with E-state index in [2.05, 4.69) is 47.4 Å². The van der Waals surface area contributed by atoms with Crippen LogP contribution in [0, 0.1) is 0 Å². The van der Waals surface area contributed by atoms with Crippen molar-refractivity contribution in [3.05, 3.63) is 56.5 Å². The van der Waals surface area contributed by atoms with Gasteiger partial charge in [0.2, 0.25) is 5.91 Å². The third-order valence-electron chi connectivity index (χ3n) is 9.99. The number of hydrogen-bond donors (Lipinski definition) is 4. The number of amides is 5. The number of urea groups is 2. The van der Waals surface area contributed by atoms with E-state index in [1.54, 1.807) is 21.9 Å². The van der Waals surface area contributed by atoms with E-state index in [-0.39, 0.29) is 42.2 Å². The molecule has 4 aliphatic rings. The van der Waals surface area contributed by atoms with E-state index in [1.165, 1.54) is 0 Å². The number of aromatic hydroxyl groups is 1. The lowest BCUT2D eigenvalue weighted by Gasteiger charge is -2.41. The van der Waals surface area contributed by atoms with Gasteiger partial charge in [0.15, 0.2) is 0 Å². The van der Waals surface area contributed by atoms with Gasteiger partial charge in [-0.3, -0.25) is 14.5 Å². The third kappa shape index (κ3) is 7.39. The van der Waals surface area contributed by atoms with Gasteiger partial charge in [0.25, 0.3) is 0 Å². The molecule has 6 rings (SSSR count). The summed E-state index contributed by atoms with van der Waals surface area (Å²) in [5.74, 6) is -0.923. The maximum atomic E-state index is 14.0. The smallest absolute Gasteiger partial charge is 0.322 e. The molecule has 14 heteroatoms. The van der Waals surface area contributed by atoms with Crippen LogP contribution in [0.3, 0.4) is 0 Å². The summed E-state index contributed by atoms with van der Waals surface area (Å²) in [6.45, 7) is 3.14. The van der Waals surface area contributed by atoms with Crippen LogP contribution in [0.2, 0.25) is 0 Å². The monoisotopic (exact) mass is 774 g/mol. The molecule has 0 bridgehead atoms. The molecule has 4 aliphatic heterocycles. The number of para-hydroxylation sites is 1. The van der Waals surface area contributed by atoms with Crippen LogP contribution in [0.15, 0.2) is 45.3 Å². The molecule has 3 saturated heterocycles.